The van der Waals surface area contributed by atoms with E-state index in [-0.39, 0.29) is 5.91 Å². The van der Waals surface area contributed by atoms with Gasteiger partial charge in [-0.3, -0.25) is 14.8 Å². The second kappa shape index (κ2) is 6.74. The van der Waals surface area contributed by atoms with Gasteiger partial charge >= 0.3 is 0 Å². The Kier molecular flexibility index (Phi) is 4.52. The van der Waals surface area contributed by atoms with Crippen molar-refractivity contribution in [1.29, 1.82) is 0 Å². The van der Waals surface area contributed by atoms with E-state index < -0.39 is 0 Å². The van der Waals surface area contributed by atoms with Gasteiger partial charge in [-0.25, -0.2) is 9.97 Å². The molecule has 8 nitrogen and oxygen atoms in total. The number of nitrogens with one attached hydrogen (secondary N) is 1. The normalized spacial score (nSPS) is 15.7. The fourth-order valence-corrected chi connectivity index (χ4v) is 2.58. The number of amides is 1. The van der Waals surface area contributed by atoms with Crippen LogP contribution >= 0.6 is 0 Å². The fraction of sp³-hybridized carbons (Fsp3) is 0.467. The van der Waals surface area contributed by atoms with E-state index in [1.807, 2.05) is 11.8 Å². The lowest BCUT2D eigenvalue weighted by molar-refractivity contribution is 0.0625. The van der Waals surface area contributed by atoms with Crippen molar-refractivity contribution in [3.8, 4) is 5.88 Å². The van der Waals surface area contributed by atoms with Gasteiger partial charge in [-0.05, 0) is 13.0 Å². The lowest BCUT2D eigenvalue weighted by Gasteiger charge is -2.34. The lowest BCUT2D eigenvalue weighted by atomic mass is 10.2. The summed E-state index contributed by atoms with van der Waals surface area (Å²) < 4.78 is 5.01. The van der Waals surface area contributed by atoms with Crippen molar-refractivity contribution >= 4 is 5.91 Å². The maximum Gasteiger partial charge on any atom is 0.255 e. The summed E-state index contributed by atoms with van der Waals surface area (Å²) in [6, 6.07) is 3.45. The number of H-pyrrole nitrogens is 1. The third kappa shape index (κ3) is 3.65. The number of aryl methyl sites for hydroxylation is 1. The lowest BCUT2D eigenvalue weighted by Crippen LogP contribution is -2.48. The topological polar surface area (TPSA) is 87.2 Å². The van der Waals surface area contributed by atoms with Gasteiger partial charge in [-0.15, -0.1) is 0 Å². The van der Waals surface area contributed by atoms with Gasteiger partial charge in [-0.2, -0.15) is 5.10 Å². The van der Waals surface area contributed by atoms with E-state index in [4.69, 9.17) is 4.74 Å². The molecular formula is C15H20N6O2. The highest BCUT2D eigenvalue weighted by molar-refractivity contribution is 5.94. The maximum atomic E-state index is 12.5. The van der Waals surface area contributed by atoms with E-state index >= 15 is 0 Å². The molecule has 2 aromatic heterocycles. The fourth-order valence-electron chi connectivity index (χ4n) is 2.58. The molecule has 3 rings (SSSR count). The second-order valence-corrected chi connectivity index (χ2v) is 5.49. The van der Waals surface area contributed by atoms with Crippen molar-refractivity contribution in [3.63, 3.8) is 0 Å². The van der Waals surface area contributed by atoms with Crippen LogP contribution in [0, 0.1) is 6.92 Å². The van der Waals surface area contributed by atoms with Gasteiger partial charge in [0.2, 0.25) is 5.88 Å². The molecule has 0 aromatic carbocycles. The molecule has 0 saturated carbocycles. The molecule has 1 aliphatic rings. The standard InChI is InChI=1S/C15H20N6O2/c1-11-17-13(19-18-11)10-20-5-7-21(8-6-20)15(22)12-3-4-14(23-2)16-9-12/h3-4,9H,5-8,10H2,1-2H3,(H,17,18,19). The van der Waals surface area contributed by atoms with E-state index in [9.17, 15) is 4.79 Å². The predicted molar refractivity (Wildman–Crippen MR) is 83.1 cm³/mol. The molecule has 0 aliphatic carbocycles. The number of rotatable bonds is 4. The second-order valence-electron chi connectivity index (χ2n) is 5.49. The Morgan fingerprint density at radius 3 is 2.65 bits per heavy atom. The van der Waals surface area contributed by atoms with E-state index in [0.29, 0.717) is 31.1 Å². The van der Waals surface area contributed by atoms with Gasteiger partial charge < -0.3 is 9.64 Å². The highest BCUT2D eigenvalue weighted by Gasteiger charge is 2.23. The van der Waals surface area contributed by atoms with E-state index in [1.165, 1.54) is 0 Å². The molecule has 1 N–H and O–H groups in total. The van der Waals surface area contributed by atoms with Gasteiger partial charge in [0.25, 0.3) is 5.91 Å². The molecular weight excluding hydrogens is 296 g/mol. The Bertz CT molecular complexity index is 661. The van der Waals surface area contributed by atoms with Crippen LogP contribution in [-0.4, -0.2) is 69.2 Å². The van der Waals surface area contributed by atoms with Gasteiger partial charge in [-0.1, -0.05) is 0 Å². The zero-order chi connectivity index (χ0) is 16.2. The molecule has 1 amide bonds. The number of hydrogen-bond donors (Lipinski definition) is 1. The maximum absolute atomic E-state index is 12.5. The largest absolute Gasteiger partial charge is 0.481 e. The number of ether oxygens (including phenoxy) is 1. The molecule has 0 unspecified atom stereocenters. The number of pyridine rings is 1. The molecule has 0 spiro atoms. The molecule has 1 fully saturated rings. The molecule has 122 valence electrons. The van der Waals surface area contributed by atoms with Crippen molar-refractivity contribution in [1.82, 2.24) is 30.0 Å². The highest BCUT2D eigenvalue weighted by Crippen LogP contribution is 2.12. The Hall–Kier alpha value is -2.48. The number of hydrogen-bond acceptors (Lipinski definition) is 6. The van der Waals surface area contributed by atoms with Gasteiger partial charge in [0.05, 0.1) is 19.2 Å². The van der Waals surface area contributed by atoms with Crippen LogP contribution in [0.5, 0.6) is 5.88 Å². The third-order valence-electron chi connectivity index (χ3n) is 3.86. The summed E-state index contributed by atoms with van der Waals surface area (Å²) in [5.41, 5.74) is 0.587. The van der Waals surface area contributed by atoms with Crippen LogP contribution in [0.3, 0.4) is 0 Å². The zero-order valence-electron chi connectivity index (χ0n) is 13.3. The summed E-state index contributed by atoms with van der Waals surface area (Å²) in [6.45, 7) is 5.58. The number of piperazine rings is 1. The van der Waals surface area contributed by atoms with E-state index in [0.717, 1.165) is 24.7 Å². The summed E-state index contributed by atoms with van der Waals surface area (Å²) in [5.74, 6) is 2.13. The van der Waals surface area contributed by atoms with Gasteiger partial charge in [0, 0.05) is 38.4 Å². The van der Waals surface area contributed by atoms with Crippen molar-refractivity contribution in [2.75, 3.05) is 33.3 Å². The van der Waals surface area contributed by atoms with Crippen molar-refractivity contribution in [3.05, 3.63) is 35.5 Å². The van der Waals surface area contributed by atoms with E-state index in [1.54, 1.807) is 25.4 Å². The van der Waals surface area contributed by atoms with Crippen molar-refractivity contribution < 1.29 is 9.53 Å². The molecule has 2 aromatic rings. The first-order chi connectivity index (χ1) is 11.2. The zero-order valence-corrected chi connectivity index (χ0v) is 13.3. The van der Waals surface area contributed by atoms with Crippen molar-refractivity contribution in [2.24, 2.45) is 0 Å². The number of aromatic amines is 1. The molecule has 3 heterocycles. The minimum atomic E-state index is 0.00791. The molecule has 1 aliphatic heterocycles. The summed E-state index contributed by atoms with van der Waals surface area (Å²) in [5, 5.41) is 7.00. The number of carbonyl (C=O) groups is 1. The van der Waals surface area contributed by atoms with Crippen LogP contribution in [0.2, 0.25) is 0 Å². The Morgan fingerprint density at radius 2 is 2.09 bits per heavy atom. The molecule has 0 radical (unpaired) electrons. The summed E-state index contributed by atoms with van der Waals surface area (Å²) in [7, 11) is 1.55. The first-order valence-electron chi connectivity index (χ1n) is 7.55. The summed E-state index contributed by atoms with van der Waals surface area (Å²) in [4.78, 5) is 25.0. The van der Waals surface area contributed by atoms with Crippen LogP contribution in [0.25, 0.3) is 0 Å². The quantitative estimate of drug-likeness (QED) is 0.882. The van der Waals surface area contributed by atoms with E-state index in [2.05, 4.69) is 25.1 Å². The van der Waals surface area contributed by atoms with Crippen molar-refractivity contribution in [2.45, 2.75) is 13.5 Å². The average molecular weight is 316 g/mol. The molecule has 23 heavy (non-hydrogen) atoms. The van der Waals surface area contributed by atoms with Crippen LogP contribution < -0.4 is 4.74 Å². The highest BCUT2D eigenvalue weighted by atomic mass is 16.5. The van der Waals surface area contributed by atoms with Gasteiger partial charge in [0.15, 0.2) is 5.82 Å². The summed E-state index contributed by atoms with van der Waals surface area (Å²) >= 11 is 0. The number of aromatic nitrogens is 4. The van der Waals surface area contributed by atoms with Gasteiger partial charge in [0.1, 0.15) is 5.82 Å². The third-order valence-corrected chi connectivity index (χ3v) is 3.86. The van der Waals surface area contributed by atoms with Crippen LogP contribution in [0.15, 0.2) is 18.3 Å². The SMILES string of the molecule is COc1ccc(C(=O)N2CCN(Cc3n[nH]c(C)n3)CC2)cn1. The smallest absolute Gasteiger partial charge is 0.255 e. The minimum absolute atomic E-state index is 0.00791. The van der Waals surface area contributed by atoms with Crippen LogP contribution in [-0.2, 0) is 6.54 Å². The number of carbonyl (C=O) groups excluding carboxylic acids is 1. The minimum Gasteiger partial charge on any atom is -0.481 e. The number of nitrogens with zero attached hydrogens (tertiary/aromatic N) is 5. The van der Waals surface area contributed by atoms with Crippen LogP contribution in [0.1, 0.15) is 22.0 Å². The Morgan fingerprint density at radius 1 is 1.30 bits per heavy atom. The predicted octanol–water partition coefficient (Wildman–Crippen LogP) is 0.475. The first kappa shape index (κ1) is 15.4. The molecule has 0 bridgehead atoms. The Labute approximate surface area is 134 Å². The molecule has 0 atom stereocenters. The monoisotopic (exact) mass is 316 g/mol. The summed E-state index contributed by atoms with van der Waals surface area (Å²) in [6.07, 6.45) is 1.56. The average Bonchev–Trinajstić information content (AvgIpc) is 3.00. The number of methoxy groups -OCH3 is 1. The first-order valence-corrected chi connectivity index (χ1v) is 7.55. The molecule has 8 heteroatoms. The van der Waals surface area contributed by atoms with Crippen LogP contribution in [0.4, 0.5) is 0 Å². The Balaban J connectivity index is 1.54. The molecule has 1 saturated heterocycles.